The second-order valence-electron chi connectivity index (χ2n) is 3.94. The number of carboxylic acids is 1. The molecule has 0 aromatic heterocycles. The van der Waals surface area contributed by atoms with Crippen molar-refractivity contribution in [1.29, 1.82) is 0 Å². The summed E-state index contributed by atoms with van der Waals surface area (Å²) in [6.07, 6.45) is -5.92. The number of hydrogen-bond acceptors (Lipinski definition) is 3. The zero-order valence-corrected chi connectivity index (χ0v) is 10.3. The summed E-state index contributed by atoms with van der Waals surface area (Å²) < 4.78 is 86.1. The molecule has 4 nitrogen and oxygen atoms in total. The van der Waals surface area contributed by atoms with E-state index < -0.39 is 24.1 Å². The molecule has 0 fully saturated rings. The van der Waals surface area contributed by atoms with Crippen LogP contribution in [0.5, 0.6) is 0 Å². The van der Waals surface area contributed by atoms with E-state index in [1.54, 1.807) is 0 Å². The standard InChI is InChI=1S/C11H7F7N2O2/c12-9(13,10(14,15)16)11(17,18)20-19-5-6-1-3-7(4-2-6)8(21)22/h1-5,20H,(H,21,22)/b19-5+. The minimum Gasteiger partial charge on any atom is -0.478 e. The number of carboxylic acid groups (broad SMARTS) is 1. The molecular weight excluding hydrogens is 325 g/mol. The Morgan fingerprint density at radius 1 is 1.05 bits per heavy atom. The molecule has 1 aromatic rings. The van der Waals surface area contributed by atoms with Crippen molar-refractivity contribution in [2.24, 2.45) is 5.10 Å². The number of carbonyl (C=O) groups is 1. The predicted molar refractivity (Wildman–Crippen MR) is 60.1 cm³/mol. The molecule has 0 aliphatic rings. The molecule has 0 aliphatic carbocycles. The van der Waals surface area contributed by atoms with Crippen LogP contribution >= 0.6 is 0 Å². The molecule has 0 heterocycles. The van der Waals surface area contributed by atoms with Crippen molar-refractivity contribution in [2.45, 2.75) is 18.1 Å². The van der Waals surface area contributed by atoms with Crippen molar-refractivity contribution >= 4 is 12.2 Å². The fourth-order valence-corrected chi connectivity index (χ4v) is 1.15. The number of nitrogens with one attached hydrogen (secondary N) is 1. The number of alkyl halides is 7. The minimum atomic E-state index is -6.46. The SMILES string of the molecule is O=C(O)c1ccc(/C=N/NC(F)(F)C(F)(F)C(F)(F)F)cc1. The largest absolute Gasteiger partial charge is 0.478 e. The van der Waals surface area contributed by atoms with Gasteiger partial charge in [0.05, 0.1) is 11.8 Å². The molecule has 0 saturated heterocycles. The van der Waals surface area contributed by atoms with Gasteiger partial charge in [-0.1, -0.05) is 12.1 Å². The molecule has 0 aliphatic heterocycles. The highest BCUT2D eigenvalue weighted by Crippen LogP contribution is 2.44. The Morgan fingerprint density at radius 3 is 1.95 bits per heavy atom. The third kappa shape index (κ3) is 3.65. The van der Waals surface area contributed by atoms with Gasteiger partial charge >= 0.3 is 24.1 Å². The number of rotatable bonds is 5. The van der Waals surface area contributed by atoms with E-state index in [0.29, 0.717) is 11.6 Å². The number of benzene rings is 1. The van der Waals surface area contributed by atoms with Crippen molar-refractivity contribution in [3.05, 3.63) is 35.4 Å². The van der Waals surface area contributed by atoms with E-state index in [2.05, 4.69) is 5.10 Å². The highest BCUT2D eigenvalue weighted by atomic mass is 19.4. The van der Waals surface area contributed by atoms with Gasteiger partial charge in [0.25, 0.3) is 0 Å². The maximum atomic E-state index is 12.8. The van der Waals surface area contributed by atoms with Crippen LogP contribution in [0.2, 0.25) is 0 Å². The molecule has 0 amide bonds. The van der Waals surface area contributed by atoms with Crippen molar-refractivity contribution in [3.8, 4) is 0 Å². The maximum Gasteiger partial charge on any atom is 0.462 e. The molecule has 22 heavy (non-hydrogen) atoms. The average Bonchev–Trinajstić information content (AvgIpc) is 2.37. The summed E-state index contributed by atoms with van der Waals surface area (Å²) in [5, 5.41) is 11.2. The molecule has 11 heteroatoms. The van der Waals surface area contributed by atoms with Gasteiger partial charge < -0.3 is 5.11 Å². The van der Waals surface area contributed by atoms with E-state index >= 15 is 0 Å². The Balaban J connectivity index is 2.82. The minimum absolute atomic E-state index is 0.00336. The van der Waals surface area contributed by atoms with Crippen molar-refractivity contribution in [2.75, 3.05) is 0 Å². The summed E-state index contributed by atoms with van der Waals surface area (Å²) in [7, 11) is 0. The lowest BCUT2D eigenvalue weighted by atomic mass is 10.1. The molecule has 1 aromatic carbocycles. The predicted octanol–water partition coefficient (Wildman–Crippen LogP) is 3.10. The fraction of sp³-hybridized carbons (Fsp3) is 0.273. The third-order valence-electron chi connectivity index (χ3n) is 2.33. The number of halogens is 7. The van der Waals surface area contributed by atoms with Crippen LogP contribution in [-0.2, 0) is 0 Å². The Morgan fingerprint density at radius 2 is 1.55 bits per heavy atom. The van der Waals surface area contributed by atoms with Gasteiger partial charge in [0, 0.05) is 0 Å². The normalized spacial score (nSPS) is 13.4. The summed E-state index contributed by atoms with van der Waals surface area (Å²) in [5.74, 6) is -7.58. The average molecular weight is 332 g/mol. The number of aromatic carboxylic acids is 1. The lowest BCUT2D eigenvalue weighted by molar-refractivity contribution is -0.361. The van der Waals surface area contributed by atoms with Crippen LogP contribution < -0.4 is 5.43 Å². The highest BCUT2D eigenvalue weighted by molar-refractivity contribution is 5.89. The first-order valence-corrected chi connectivity index (χ1v) is 5.34. The second-order valence-corrected chi connectivity index (χ2v) is 3.94. The molecular formula is C11H7F7N2O2. The van der Waals surface area contributed by atoms with E-state index in [1.165, 1.54) is 0 Å². The van der Waals surface area contributed by atoms with Crippen LogP contribution in [0.3, 0.4) is 0 Å². The first-order valence-electron chi connectivity index (χ1n) is 5.34. The van der Waals surface area contributed by atoms with E-state index in [-0.39, 0.29) is 11.1 Å². The van der Waals surface area contributed by atoms with E-state index in [9.17, 15) is 35.5 Å². The van der Waals surface area contributed by atoms with Gasteiger partial charge in [-0.15, -0.1) is 0 Å². The third-order valence-corrected chi connectivity index (χ3v) is 2.33. The highest BCUT2D eigenvalue weighted by Gasteiger charge is 2.73. The first kappa shape index (κ1) is 17.7. The van der Waals surface area contributed by atoms with Gasteiger partial charge in [-0.05, 0) is 17.7 Å². The van der Waals surface area contributed by atoms with Gasteiger partial charge in [-0.2, -0.15) is 35.8 Å². The summed E-state index contributed by atoms with van der Waals surface area (Å²) >= 11 is 0. The molecule has 0 saturated carbocycles. The molecule has 0 spiro atoms. The topological polar surface area (TPSA) is 61.7 Å². The van der Waals surface area contributed by atoms with Gasteiger partial charge in [0.1, 0.15) is 0 Å². The quantitative estimate of drug-likeness (QED) is 0.377. The number of hydrazone groups is 1. The van der Waals surface area contributed by atoms with Crippen LogP contribution in [0, 0.1) is 0 Å². The van der Waals surface area contributed by atoms with Crippen molar-refractivity contribution in [3.63, 3.8) is 0 Å². The van der Waals surface area contributed by atoms with E-state index in [0.717, 1.165) is 24.3 Å². The van der Waals surface area contributed by atoms with Gasteiger partial charge in [-0.3, -0.25) is 0 Å². The van der Waals surface area contributed by atoms with Gasteiger partial charge in [0.2, 0.25) is 0 Å². The molecule has 0 unspecified atom stereocenters. The first-order chi connectivity index (χ1) is 9.88. The Labute approximate surface area is 118 Å². The smallest absolute Gasteiger partial charge is 0.462 e. The summed E-state index contributed by atoms with van der Waals surface area (Å²) in [6, 6.07) is -1.34. The number of nitrogens with zero attached hydrogens (tertiary/aromatic N) is 1. The zero-order chi connectivity index (χ0) is 17.2. The summed E-state index contributed by atoms with van der Waals surface area (Å²) in [5.41, 5.74) is 0.305. The van der Waals surface area contributed by atoms with Crippen LogP contribution in [0.25, 0.3) is 0 Å². The van der Waals surface area contributed by atoms with E-state index in [1.807, 2.05) is 0 Å². The van der Waals surface area contributed by atoms with Gasteiger partial charge in [0.15, 0.2) is 0 Å². The molecule has 0 atom stereocenters. The fourth-order valence-electron chi connectivity index (χ4n) is 1.15. The van der Waals surface area contributed by atoms with Crippen LogP contribution in [0.15, 0.2) is 29.4 Å². The Kier molecular flexibility index (Phi) is 4.68. The van der Waals surface area contributed by atoms with Crippen molar-refractivity contribution < 1.29 is 40.6 Å². The maximum absolute atomic E-state index is 12.8. The molecule has 1 rings (SSSR count). The Hall–Kier alpha value is -2.33. The molecule has 2 N–H and O–H groups in total. The van der Waals surface area contributed by atoms with E-state index in [4.69, 9.17) is 5.11 Å². The number of hydrogen-bond donors (Lipinski definition) is 2. The lowest BCUT2D eigenvalue weighted by Gasteiger charge is -2.27. The Bertz CT molecular complexity index is 567. The van der Waals surface area contributed by atoms with Crippen molar-refractivity contribution in [1.82, 2.24) is 5.43 Å². The van der Waals surface area contributed by atoms with Gasteiger partial charge in [-0.25, -0.2) is 10.2 Å². The molecule has 122 valence electrons. The molecule has 0 bridgehead atoms. The second kappa shape index (κ2) is 5.81. The summed E-state index contributed by atoms with van der Waals surface area (Å²) in [6.45, 7) is 0. The van der Waals surface area contributed by atoms with Crippen LogP contribution in [0.1, 0.15) is 15.9 Å². The zero-order valence-electron chi connectivity index (χ0n) is 10.3. The van der Waals surface area contributed by atoms with Crippen LogP contribution in [0.4, 0.5) is 30.7 Å². The summed E-state index contributed by atoms with van der Waals surface area (Å²) in [4.78, 5) is 10.5. The van der Waals surface area contributed by atoms with Crippen LogP contribution in [-0.4, -0.2) is 35.4 Å². The monoisotopic (exact) mass is 332 g/mol. The lowest BCUT2D eigenvalue weighted by Crippen LogP contribution is -2.58. The molecule has 0 radical (unpaired) electrons.